The van der Waals surface area contributed by atoms with Crippen molar-refractivity contribution in [3.63, 3.8) is 0 Å². The minimum atomic E-state index is -0.375. The minimum Gasteiger partial charge on any atom is -0.460 e. The molecule has 0 heterocycles. The lowest BCUT2D eigenvalue weighted by molar-refractivity contribution is -0.155. The summed E-state index contributed by atoms with van der Waals surface area (Å²) < 4.78 is 6.57. The Bertz CT molecular complexity index is 501. The van der Waals surface area contributed by atoms with E-state index in [1.807, 2.05) is 20.8 Å². The highest BCUT2D eigenvalue weighted by molar-refractivity contribution is 9.10. The number of hydrogen-bond donors (Lipinski definition) is 0. The standard InChI is InChI=1S/C19H27BrO2/c1-13(15-7-9-17(20)10-8-15)16-6-5-14(11-16)12-18(21)22-19(2,3)4/h7-10,13-14,16H,5-6,11-12H2,1-4H3. The van der Waals surface area contributed by atoms with Gasteiger partial charge in [-0.05, 0) is 75.5 Å². The van der Waals surface area contributed by atoms with Crippen molar-refractivity contribution in [3.8, 4) is 0 Å². The Morgan fingerprint density at radius 1 is 1.27 bits per heavy atom. The van der Waals surface area contributed by atoms with Gasteiger partial charge in [-0.2, -0.15) is 0 Å². The number of rotatable bonds is 4. The molecule has 0 N–H and O–H groups in total. The maximum absolute atomic E-state index is 12.0. The Morgan fingerprint density at radius 2 is 1.91 bits per heavy atom. The number of ether oxygens (including phenoxy) is 1. The highest BCUT2D eigenvalue weighted by atomic mass is 79.9. The predicted octanol–water partition coefficient (Wildman–Crippen LogP) is 5.70. The van der Waals surface area contributed by atoms with Crippen molar-refractivity contribution in [3.05, 3.63) is 34.3 Å². The monoisotopic (exact) mass is 366 g/mol. The summed E-state index contributed by atoms with van der Waals surface area (Å²) in [6.07, 6.45) is 4.06. The maximum Gasteiger partial charge on any atom is 0.306 e. The third-order valence-electron chi connectivity index (χ3n) is 4.56. The zero-order valence-electron chi connectivity index (χ0n) is 14.1. The fourth-order valence-corrected chi connectivity index (χ4v) is 3.67. The molecule has 2 rings (SSSR count). The maximum atomic E-state index is 12.0. The van der Waals surface area contributed by atoms with E-state index in [9.17, 15) is 4.79 Å². The second-order valence-electron chi connectivity index (χ2n) is 7.57. The molecule has 3 heteroatoms. The highest BCUT2D eigenvalue weighted by Crippen LogP contribution is 2.41. The molecule has 122 valence electrons. The summed E-state index contributed by atoms with van der Waals surface area (Å²) in [6, 6.07) is 8.63. The van der Waals surface area contributed by atoms with Crippen LogP contribution in [0.3, 0.4) is 0 Å². The predicted molar refractivity (Wildman–Crippen MR) is 93.9 cm³/mol. The molecule has 3 atom stereocenters. The third kappa shape index (κ3) is 5.12. The Balaban J connectivity index is 1.87. The topological polar surface area (TPSA) is 26.3 Å². The summed E-state index contributed by atoms with van der Waals surface area (Å²) in [4.78, 5) is 12.0. The number of carbonyl (C=O) groups is 1. The van der Waals surface area contributed by atoms with Crippen molar-refractivity contribution in [2.75, 3.05) is 0 Å². The smallest absolute Gasteiger partial charge is 0.306 e. The van der Waals surface area contributed by atoms with Crippen LogP contribution in [0.4, 0.5) is 0 Å². The minimum absolute atomic E-state index is 0.0468. The molecule has 1 aliphatic rings. The first-order chi connectivity index (χ1) is 10.2. The first-order valence-corrected chi connectivity index (χ1v) is 9.01. The van der Waals surface area contributed by atoms with Gasteiger partial charge in [0.1, 0.15) is 5.60 Å². The molecular weight excluding hydrogens is 340 g/mol. The zero-order valence-corrected chi connectivity index (χ0v) is 15.7. The first-order valence-electron chi connectivity index (χ1n) is 8.22. The first kappa shape index (κ1) is 17.5. The van der Waals surface area contributed by atoms with Crippen LogP contribution in [0.5, 0.6) is 0 Å². The number of halogens is 1. The van der Waals surface area contributed by atoms with E-state index in [1.54, 1.807) is 0 Å². The summed E-state index contributed by atoms with van der Waals surface area (Å²) in [5, 5.41) is 0. The van der Waals surface area contributed by atoms with Gasteiger partial charge in [0.05, 0.1) is 0 Å². The molecule has 2 nitrogen and oxygen atoms in total. The second-order valence-corrected chi connectivity index (χ2v) is 8.49. The third-order valence-corrected chi connectivity index (χ3v) is 5.09. The van der Waals surface area contributed by atoms with E-state index in [4.69, 9.17) is 4.74 Å². The molecule has 0 amide bonds. The van der Waals surface area contributed by atoms with Gasteiger partial charge in [-0.15, -0.1) is 0 Å². The molecule has 0 bridgehead atoms. The van der Waals surface area contributed by atoms with Crippen LogP contribution in [0.25, 0.3) is 0 Å². The van der Waals surface area contributed by atoms with Crippen LogP contribution in [0.1, 0.15) is 64.9 Å². The van der Waals surface area contributed by atoms with E-state index < -0.39 is 0 Å². The van der Waals surface area contributed by atoms with Crippen molar-refractivity contribution in [1.82, 2.24) is 0 Å². The van der Waals surface area contributed by atoms with E-state index in [1.165, 1.54) is 12.0 Å². The van der Waals surface area contributed by atoms with Gasteiger partial charge in [-0.3, -0.25) is 4.79 Å². The number of benzene rings is 1. The number of hydrogen-bond acceptors (Lipinski definition) is 2. The molecule has 3 unspecified atom stereocenters. The lowest BCUT2D eigenvalue weighted by atomic mass is 9.85. The number of esters is 1. The molecule has 1 aromatic carbocycles. The lowest BCUT2D eigenvalue weighted by Gasteiger charge is -2.22. The van der Waals surface area contributed by atoms with Crippen molar-refractivity contribution in [2.45, 2.75) is 64.9 Å². The molecule has 1 aromatic rings. The summed E-state index contributed by atoms with van der Waals surface area (Å²) in [7, 11) is 0. The van der Waals surface area contributed by atoms with E-state index in [0.717, 1.165) is 17.3 Å². The van der Waals surface area contributed by atoms with Gasteiger partial charge in [0.15, 0.2) is 0 Å². The van der Waals surface area contributed by atoms with E-state index >= 15 is 0 Å². The summed E-state index contributed by atoms with van der Waals surface area (Å²) >= 11 is 3.49. The van der Waals surface area contributed by atoms with Crippen LogP contribution in [0.15, 0.2) is 28.7 Å². The Labute approximate surface area is 142 Å². The molecule has 1 saturated carbocycles. The van der Waals surface area contributed by atoms with Gasteiger partial charge >= 0.3 is 5.97 Å². The van der Waals surface area contributed by atoms with Crippen molar-refractivity contribution in [2.24, 2.45) is 11.8 Å². The van der Waals surface area contributed by atoms with Crippen LogP contribution in [-0.2, 0) is 9.53 Å². The van der Waals surface area contributed by atoms with Gasteiger partial charge in [0.25, 0.3) is 0 Å². The fraction of sp³-hybridized carbons (Fsp3) is 0.632. The molecule has 1 fully saturated rings. The average Bonchev–Trinajstić information content (AvgIpc) is 2.85. The largest absolute Gasteiger partial charge is 0.460 e. The number of carbonyl (C=O) groups excluding carboxylic acids is 1. The van der Waals surface area contributed by atoms with Gasteiger partial charge in [-0.1, -0.05) is 35.0 Å². The van der Waals surface area contributed by atoms with Gasteiger partial charge in [0, 0.05) is 10.9 Å². The van der Waals surface area contributed by atoms with Crippen LogP contribution in [0.2, 0.25) is 0 Å². The average molecular weight is 367 g/mol. The Kier molecular flexibility index (Phi) is 5.70. The second kappa shape index (κ2) is 7.16. The lowest BCUT2D eigenvalue weighted by Crippen LogP contribution is -2.25. The van der Waals surface area contributed by atoms with Crippen molar-refractivity contribution < 1.29 is 9.53 Å². The molecule has 0 aliphatic heterocycles. The summed E-state index contributed by atoms with van der Waals surface area (Å²) in [5.41, 5.74) is 1.02. The van der Waals surface area contributed by atoms with Gasteiger partial charge in [-0.25, -0.2) is 0 Å². The van der Waals surface area contributed by atoms with Crippen LogP contribution < -0.4 is 0 Å². The molecule has 0 spiro atoms. The molecule has 0 radical (unpaired) electrons. The Hall–Kier alpha value is -0.830. The molecule has 22 heavy (non-hydrogen) atoms. The van der Waals surface area contributed by atoms with Gasteiger partial charge < -0.3 is 4.74 Å². The van der Waals surface area contributed by atoms with Crippen molar-refractivity contribution >= 4 is 21.9 Å². The summed E-state index contributed by atoms with van der Waals surface area (Å²) in [6.45, 7) is 8.09. The van der Waals surface area contributed by atoms with Gasteiger partial charge in [0.2, 0.25) is 0 Å². The fourth-order valence-electron chi connectivity index (χ4n) is 3.41. The Morgan fingerprint density at radius 3 is 2.50 bits per heavy atom. The quantitative estimate of drug-likeness (QED) is 0.638. The molecule has 0 saturated heterocycles. The van der Waals surface area contributed by atoms with Crippen molar-refractivity contribution in [1.29, 1.82) is 0 Å². The summed E-state index contributed by atoms with van der Waals surface area (Å²) in [5.74, 6) is 1.66. The van der Waals surface area contributed by atoms with E-state index in [-0.39, 0.29) is 11.6 Å². The highest BCUT2D eigenvalue weighted by Gasteiger charge is 2.31. The van der Waals surface area contributed by atoms with Crippen LogP contribution in [0, 0.1) is 11.8 Å². The molecule has 1 aliphatic carbocycles. The SMILES string of the molecule is CC(c1ccc(Br)cc1)C1CCC(CC(=O)OC(C)(C)C)C1. The van der Waals surface area contributed by atoms with Crippen LogP contribution in [-0.4, -0.2) is 11.6 Å². The zero-order chi connectivity index (χ0) is 16.3. The molecular formula is C19H27BrO2. The molecule has 0 aromatic heterocycles. The van der Waals surface area contributed by atoms with E-state index in [2.05, 4.69) is 47.1 Å². The van der Waals surface area contributed by atoms with Crippen LogP contribution >= 0.6 is 15.9 Å². The normalized spacial score (nSPS) is 23.3. The van der Waals surface area contributed by atoms with E-state index in [0.29, 0.717) is 24.2 Å².